The minimum absolute atomic E-state index is 0.0694. The van der Waals surface area contributed by atoms with Crippen LogP contribution in [0.1, 0.15) is 12.8 Å². The molecule has 0 aliphatic rings. The first-order valence-electron chi connectivity index (χ1n) is 7.45. The Balaban J connectivity index is 1.49. The predicted molar refractivity (Wildman–Crippen MR) is 99.6 cm³/mol. The lowest BCUT2D eigenvalue weighted by Gasteiger charge is -2.02. The molecule has 0 unspecified atom stereocenters. The molecule has 0 saturated heterocycles. The van der Waals surface area contributed by atoms with Gasteiger partial charge in [-0.25, -0.2) is 13.8 Å². The molecule has 1 amide bonds. The molecule has 1 N–H and O–H groups in total. The van der Waals surface area contributed by atoms with Crippen molar-refractivity contribution in [2.45, 2.75) is 17.7 Å². The minimum Gasteiger partial charge on any atom is -0.302 e. The Hall–Kier alpha value is -1.70. The largest absolute Gasteiger partial charge is 0.302 e. The standard InChI is InChI=1S/C17H13ClF2N2OS2/c18-10-3-5-12(6-4-10)24-7-1-2-15(23)21-17-22-16-13(20)8-11(19)9-14(16)25-17/h3-6,8-9H,1-2,7H2,(H,21,22,23). The summed E-state index contributed by atoms with van der Waals surface area (Å²) in [5, 5.41) is 3.60. The quantitative estimate of drug-likeness (QED) is 0.425. The number of nitrogens with one attached hydrogen (secondary N) is 1. The average molecular weight is 399 g/mol. The van der Waals surface area contributed by atoms with Crippen molar-refractivity contribution in [2.75, 3.05) is 11.1 Å². The molecule has 3 nitrogen and oxygen atoms in total. The third-order valence-corrected chi connectivity index (χ3v) is 5.56. The zero-order valence-corrected chi connectivity index (χ0v) is 15.3. The lowest BCUT2D eigenvalue weighted by molar-refractivity contribution is -0.116. The van der Waals surface area contributed by atoms with Gasteiger partial charge in [0.2, 0.25) is 5.91 Å². The summed E-state index contributed by atoms with van der Waals surface area (Å²) >= 11 is 8.52. The molecule has 0 bridgehead atoms. The highest BCUT2D eigenvalue weighted by atomic mass is 35.5. The van der Waals surface area contributed by atoms with Crippen molar-refractivity contribution in [1.82, 2.24) is 4.98 Å². The first-order chi connectivity index (χ1) is 12.0. The summed E-state index contributed by atoms with van der Waals surface area (Å²) in [5.74, 6) is -0.803. The van der Waals surface area contributed by atoms with Crippen LogP contribution in [0.25, 0.3) is 10.2 Å². The number of amides is 1. The molecule has 0 radical (unpaired) electrons. The highest BCUT2D eigenvalue weighted by Gasteiger charge is 2.12. The summed E-state index contributed by atoms with van der Waals surface area (Å²) in [6, 6.07) is 9.50. The maximum atomic E-state index is 13.6. The molecule has 130 valence electrons. The zero-order chi connectivity index (χ0) is 17.8. The van der Waals surface area contributed by atoms with E-state index in [9.17, 15) is 13.6 Å². The van der Waals surface area contributed by atoms with Gasteiger partial charge in [-0.05, 0) is 42.5 Å². The average Bonchev–Trinajstić information content (AvgIpc) is 2.96. The molecule has 3 aromatic rings. The third-order valence-electron chi connectivity index (χ3n) is 3.29. The molecule has 8 heteroatoms. The summed E-state index contributed by atoms with van der Waals surface area (Å²) in [6.07, 6.45) is 1.01. The summed E-state index contributed by atoms with van der Waals surface area (Å²) in [4.78, 5) is 17.1. The van der Waals surface area contributed by atoms with Gasteiger partial charge in [0.15, 0.2) is 10.9 Å². The van der Waals surface area contributed by atoms with E-state index in [-0.39, 0.29) is 16.6 Å². The molecule has 0 aliphatic carbocycles. The van der Waals surface area contributed by atoms with Gasteiger partial charge < -0.3 is 5.32 Å². The van der Waals surface area contributed by atoms with Crippen molar-refractivity contribution < 1.29 is 13.6 Å². The Morgan fingerprint density at radius 2 is 2.00 bits per heavy atom. The number of hydrogen-bond acceptors (Lipinski definition) is 4. The van der Waals surface area contributed by atoms with Crippen LogP contribution in [0.15, 0.2) is 41.3 Å². The van der Waals surface area contributed by atoms with E-state index < -0.39 is 11.6 Å². The number of aromatic nitrogens is 1. The van der Waals surface area contributed by atoms with Crippen LogP contribution in [0.2, 0.25) is 5.02 Å². The van der Waals surface area contributed by atoms with E-state index in [1.54, 1.807) is 11.8 Å². The van der Waals surface area contributed by atoms with Crippen LogP contribution in [0.5, 0.6) is 0 Å². The van der Waals surface area contributed by atoms with Crippen molar-refractivity contribution in [1.29, 1.82) is 0 Å². The molecule has 0 spiro atoms. The van der Waals surface area contributed by atoms with Gasteiger partial charge in [0, 0.05) is 22.4 Å². The molecule has 2 aromatic carbocycles. The van der Waals surface area contributed by atoms with Crippen molar-refractivity contribution in [3.05, 3.63) is 53.1 Å². The summed E-state index contributed by atoms with van der Waals surface area (Å²) in [6.45, 7) is 0. The smallest absolute Gasteiger partial charge is 0.226 e. The number of hydrogen-bond donors (Lipinski definition) is 1. The molecule has 0 saturated carbocycles. The Kier molecular flexibility index (Phi) is 5.88. The fourth-order valence-corrected chi connectivity index (χ4v) is 4.05. The monoisotopic (exact) mass is 398 g/mol. The van der Waals surface area contributed by atoms with E-state index in [2.05, 4.69) is 10.3 Å². The molecule has 0 fully saturated rings. The van der Waals surface area contributed by atoms with Gasteiger partial charge in [0.25, 0.3) is 0 Å². The second-order valence-electron chi connectivity index (χ2n) is 5.21. The lowest BCUT2D eigenvalue weighted by Crippen LogP contribution is -2.11. The fraction of sp³-hybridized carbons (Fsp3) is 0.176. The first kappa shape index (κ1) is 18.1. The highest BCUT2D eigenvalue weighted by Crippen LogP contribution is 2.29. The van der Waals surface area contributed by atoms with E-state index in [0.717, 1.165) is 28.1 Å². The Bertz CT molecular complexity index is 900. The first-order valence-corrected chi connectivity index (χ1v) is 9.63. The number of anilines is 1. The number of rotatable bonds is 6. The number of benzene rings is 2. The SMILES string of the molecule is O=C(CCCSc1ccc(Cl)cc1)Nc1nc2c(F)cc(F)cc2s1. The number of carbonyl (C=O) groups excluding carboxylic acids is 1. The van der Waals surface area contributed by atoms with Crippen LogP contribution in [-0.2, 0) is 4.79 Å². The number of thioether (sulfide) groups is 1. The number of thiazole rings is 1. The fourth-order valence-electron chi connectivity index (χ4n) is 2.15. The van der Waals surface area contributed by atoms with Gasteiger partial charge in [-0.15, -0.1) is 11.8 Å². The number of carbonyl (C=O) groups is 1. The van der Waals surface area contributed by atoms with Gasteiger partial charge >= 0.3 is 0 Å². The van der Waals surface area contributed by atoms with Gasteiger partial charge in [-0.1, -0.05) is 22.9 Å². The maximum absolute atomic E-state index is 13.6. The molecule has 25 heavy (non-hydrogen) atoms. The van der Waals surface area contributed by atoms with Gasteiger partial charge in [0.1, 0.15) is 11.3 Å². The van der Waals surface area contributed by atoms with Gasteiger partial charge in [-0.3, -0.25) is 4.79 Å². The van der Waals surface area contributed by atoms with Crippen LogP contribution in [0.3, 0.4) is 0 Å². The Morgan fingerprint density at radius 3 is 2.76 bits per heavy atom. The minimum atomic E-state index is -0.730. The van der Waals surface area contributed by atoms with Crippen molar-refractivity contribution >= 4 is 56.0 Å². The number of fused-ring (bicyclic) bond motifs is 1. The van der Waals surface area contributed by atoms with Crippen LogP contribution in [0.4, 0.5) is 13.9 Å². The molecule has 3 rings (SSSR count). The molecular formula is C17H13ClF2N2OS2. The summed E-state index contributed by atoms with van der Waals surface area (Å²) in [7, 11) is 0. The Labute approximate surface area is 156 Å². The normalized spacial score (nSPS) is 11.0. The second kappa shape index (κ2) is 8.12. The molecular weight excluding hydrogens is 386 g/mol. The van der Waals surface area contributed by atoms with Crippen LogP contribution in [0, 0.1) is 11.6 Å². The van der Waals surface area contributed by atoms with E-state index in [1.165, 1.54) is 6.07 Å². The van der Waals surface area contributed by atoms with Crippen LogP contribution in [-0.4, -0.2) is 16.6 Å². The maximum Gasteiger partial charge on any atom is 0.226 e. The molecule has 0 aliphatic heterocycles. The summed E-state index contributed by atoms with van der Waals surface area (Å²) in [5.41, 5.74) is 0.0694. The van der Waals surface area contributed by atoms with Crippen molar-refractivity contribution in [2.24, 2.45) is 0 Å². The predicted octanol–water partition coefficient (Wildman–Crippen LogP) is 5.74. The van der Waals surface area contributed by atoms with E-state index in [1.807, 2.05) is 24.3 Å². The molecule has 0 atom stereocenters. The van der Waals surface area contributed by atoms with E-state index in [4.69, 9.17) is 11.6 Å². The van der Waals surface area contributed by atoms with Crippen LogP contribution >= 0.6 is 34.7 Å². The lowest BCUT2D eigenvalue weighted by atomic mass is 10.3. The van der Waals surface area contributed by atoms with E-state index in [0.29, 0.717) is 22.6 Å². The number of nitrogens with zero attached hydrogens (tertiary/aromatic N) is 1. The highest BCUT2D eigenvalue weighted by molar-refractivity contribution is 7.99. The van der Waals surface area contributed by atoms with Crippen molar-refractivity contribution in [3.63, 3.8) is 0 Å². The topological polar surface area (TPSA) is 42.0 Å². The molecule has 1 aromatic heterocycles. The molecule has 1 heterocycles. The second-order valence-corrected chi connectivity index (χ2v) is 7.84. The number of halogens is 3. The van der Waals surface area contributed by atoms with Gasteiger partial charge in [-0.2, -0.15) is 0 Å². The third kappa shape index (κ3) is 4.90. The summed E-state index contributed by atoms with van der Waals surface area (Å²) < 4.78 is 27.2. The zero-order valence-electron chi connectivity index (χ0n) is 12.9. The Morgan fingerprint density at radius 1 is 1.24 bits per heavy atom. The van der Waals surface area contributed by atoms with Crippen LogP contribution < -0.4 is 5.32 Å². The van der Waals surface area contributed by atoms with Gasteiger partial charge in [0.05, 0.1) is 4.70 Å². The van der Waals surface area contributed by atoms with E-state index >= 15 is 0 Å². The van der Waals surface area contributed by atoms with Crippen molar-refractivity contribution in [3.8, 4) is 0 Å².